The van der Waals surface area contributed by atoms with E-state index in [0.29, 0.717) is 24.0 Å². The zero-order chi connectivity index (χ0) is 29.6. The molecule has 22 heteroatoms. The molecule has 0 bridgehead atoms. The van der Waals surface area contributed by atoms with Gasteiger partial charge in [-0.15, -0.1) is 0 Å². The average Bonchev–Trinajstić information content (AvgIpc) is 3.72. The fourth-order valence-corrected chi connectivity index (χ4v) is 6.77. The Kier molecular flexibility index (Phi) is 8.07. The fraction of sp³-hybridized carbons (Fsp3) is 0.500. The summed E-state index contributed by atoms with van der Waals surface area (Å²) in [5.74, 6) is 0.106. The van der Waals surface area contributed by atoms with Crippen LogP contribution in [0.25, 0.3) is 22.3 Å². The zero-order valence-corrected chi connectivity index (χ0v) is 24.3. The molecule has 7 atom stereocenters. The molecule has 0 radical (unpaired) electrons. The van der Waals surface area contributed by atoms with Crippen molar-refractivity contribution in [3.8, 4) is 0 Å². The Morgan fingerprint density at radius 1 is 1.10 bits per heavy atom. The van der Waals surface area contributed by atoms with E-state index in [2.05, 4.69) is 42.2 Å². The number of aromatic nitrogens is 8. The molecule has 0 amide bonds. The Morgan fingerprint density at radius 3 is 2.69 bits per heavy atom. The van der Waals surface area contributed by atoms with E-state index in [1.54, 1.807) is 10.9 Å². The van der Waals surface area contributed by atoms with Gasteiger partial charge in [-0.25, -0.2) is 24.5 Å². The Balaban J connectivity index is 1.14. The van der Waals surface area contributed by atoms with E-state index < -0.39 is 51.4 Å². The standard InChI is InChI=1S/C20H26N10O9P2S/c21-15-13-16(24-6-23-15)29(7-25-13)12-2-1-9(37-12)5-36-41(34,42)39-11-3-10(4-35-40(32)33)38-19(11)30-8-26-14-17(30)27-20(22)28-18(14)31/h6-12,19,40H,1-5H2,(H,32,33)(H,34,42)(H2,21,23,24)(H3,22,27,28,31)/t9-,10-,11+,12+,19+,41?/m0/s1. The molecule has 0 saturated carbocycles. The number of aromatic amines is 1. The van der Waals surface area contributed by atoms with Crippen molar-refractivity contribution in [1.29, 1.82) is 0 Å². The number of imidazole rings is 2. The quantitative estimate of drug-likeness (QED) is 0.119. The van der Waals surface area contributed by atoms with Crippen LogP contribution < -0.4 is 17.0 Å². The van der Waals surface area contributed by atoms with Gasteiger partial charge in [-0.2, -0.15) is 4.98 Å². The second-order valence-electron chi connectivity index (χ2n) is 9.52. The van der Waals surface area contributed by atoms with Crippen molar-refractivity contribution in [2.45, 2.75) is 50.0 Å². The lowest BCUT2D eigenvalue weighted by molar-refractivity contribution is -0.0450. The van der Waals surface area contributed by atoms with Crippen LogP contribution >= 0.6 is 27.3 Å². The lowest BCUT2D eigenvalue weighted by atomic mass is 10.2. The van der Waals surface area contributed by atoms with Gasteiger partial charge < -0.3 is 30.4 Å². The van der Waals surface area contributed by atoms with Gasteiger partial charge in [0.05, 0.1) is 38.1 Å². The van der Waals surface area contributed by atoms with Crippen LogP contribution in [-0.4, -0.2) is 75.5 Å². The summed E-state index contributed by atoms with van der Waals surface area (Å²) in [4.78, 5) is 44.3. The summed E-state index contributed by atoms with van der Waals surface area (Å²) < 4.78 is 55.8. The monoisotopic (exact) mass is 644 g/mol. The van der Waals surface area contributed by atoms with Crippen molar-refractivity contribution in [1.82, 2.24) is 39.0 Å². The average molecular weight is 645 g/mol. The third kappa shape index (κ3) is 5.95. The highest BCUT2D eigenvalue weighted by molar-refractivity contribution is 8.44. The predicted molar refractivity (Wildman–Crippen MR) is 149 cm³/mol. The van der Waals surface area contributed by atoms with Gasteiger partial charge in [0.25, 0.3) is 5.56 Å². The van der Waals surface area contributed by atoms with Crippen molar-refractivity contribution in [2.75, 3.05) is 24.7 Å². The molecule has 2 fully saturated rings. The molecular formula is C20H26N10O9P2S. The predicted octanol–water partition coefficient (Wildman–Crippen LogP) is 0.927. The van der Waals surface area contributed by atoms with E-state index in [4.69, 9.17) is 39.4 Å². The number of thiol groups is 1. The summed E-state index contributed by atoms with van der Waals surface area (Å²) in [6.45, 7) is -4.36. The van der Waals surface area contributed by atoms with Crippen LogP contribution in [0.5, 0.6) is 0 Å². The third-order valence-electron chi connectivity index (χ3n) is 6.74. The first kappa shape index (κ1) is 29.2. The smallest absolute Gasteiger partial charge is 0.382 e. The van der Waals surface area contributed by atoms with Crippen molar-refractivity contribution in [3.05, 3.63) is 29.3 Å². The fourth-order valence-electron chi connectivity index (χ4n) is 4.93. The highest BCUT2D eigenvalue weighted by Crippen LogP contribution is 2.57. The summed E-state index contributed by atoms with van der Waals surface area (Å²) >= 11 is 4.16. The number of rotatable bonds is 10. The van der Waals surface area contributed by atoms with Crippen molar-refractivity contribution in [3.63, 3.8) is 0 Å². The summed E-state index contributed by atoms with van der Waals surface area (Å²) in [6, 6.07) is 0. The Labute approximate surface area is 241 Å². The van der Waals surface area contributed by atoms with Crippen molar-refractivity contribution >= 4 is 61.4 Å². The first-order chi connectivity index (χ1) is 20.1. The maximum Gasteiger partial charge on any atom is 0.386 e. The van der Waals surface area contributed by atoms with Crippen molar-refractivity contribution in [2.24, 2.45) is 0 Å². The molecule has 42 heavy (non-hydrogen) atoms. The van der Waals surface area contributed by atoms with Crippen LogP contribution in [-0.2, 0) is 32.2 Å². The molecule has 4 aromatic rings. The lowest BCUT2D eigenvalue weighted by Crippen LogP contribution is -2.23. The van der Waals surface area contributed by atoms with Gasteiger partial charge >= 0.3 is 15.1 Å². The highest BCUT2D eigenvalue weighted by atomic mass is 32.7. The van der Waals surface area contributed by atoms with Crippen LogP contribution in [0, 0.1) is 0 Å². The highest BCUT2D eigenvalue weighted by Gasteiger charge is 2.43. The number of nitrogen functional groups attached to an aromatic ring is 2. The molecule has 6 heterocycles. The lowest BCUT2D eigenvalue weighted by Gasteiger charge is -2.24. The number of H-pyrrole nitrogens is 1. The van der Waals surface area contributed by atoms with Gasteiger partial charge in [0.1, 0.15) is 24.2 Å². The van der Waals surface area contributed by atoms with Gasteiger partial charge in [-0.3, -0.25) is 32.5 Å². The first-order valence-corrected chi connectivity index (χ1v) is 16.5. The van der Waals surface area contributed by atoms with E-state index in [-0.39, 0.29) is 42.6 Å². The first-order valence-electron chi connectivity index (χ1n) is 12.6. The molecule has 0 aliphatic carbocycles. The number of anilines is 2. The molecule has 226 valence electrons. The van der Waals surface area contributed by atoms with Crippen LogP contribution in [0.2, 0.25) is 0 Å². The minimum absolute atomic E-state index is 0.00951. The van der Waals surface area contributed by atoms with Gasteiger partial charge in [0.15, 0.2) is 28.9 Å². The molecule has 4 aromatic heterocycles. The topological polar surface area (TPSA) is 260 Å². The minimum atomic E-state index is -4.02. The molecular weight excluding hydrogens is 618 g/mol. The molecule has 2 unspecified atom stereocenters. The van der Waals surface area contributed by atoms with Crippen LogP contribution in [0.15, 0.2) is 23.8 Å². The molecule has 2 aliphatic rings. The van der Waals surface area contributed by atoms with Crippen LogP contribution in [0.1, 0.15) is 31.7 Å². The number of nitrogens with two attached hydrogens (primary N) is 2. The number of hydrogen-bond donors (Lipinski definition) is 5. The number of ether oxygens (including phenoxy) is 2. The van der Waals surface area contributed by atoms with E-state index in [9.17, 15) is 13.9 Å². The molecule has 6 N–H and O–H groups in total. The van der Waals surface area contributed by atoms with Gasteiger partial charge in [0.2, 0.25) is 5.95 Å². The summed E-state index contributed by atoms with van der Waals surface area (Å²) in [5, 5.41) is 0. The molecule has 2 saturated heterocycles. The molecule has 0 spiro atoms. The van der Waals surface area contributed by atoms with Gasteiger partial charge in [0, 0.05) is 6.42 Å². The second-order valence-corrected chi connectivity index (χ2v) is 13.2. The maximum atomic E-state index is 13.3. The maximum absolute atomic E-state index is 13.3. The minimum Gasteiger partial charge on any atom is -0.382 e. The van der Waals surface area contributed by atoms with E-state index in [1.165, 1.54) is 17.2 Å². The largest absolute Gasteiger partial charge is 0.386 e. The normalized spacial score (nSPS) is 26.7. The third-order valence-corrected chi connectivity index (χ3v) is 8.79. The second kappa shape index (κ2) is 11.6. The molecule has 2 aliphatic heterocycles. The Morgan fingerprint density at radius 2 is 1.88 bits per heavy atom. The van der Waals surface area contributed by atoms with Crippen LogP contribution in [0.4, 0.5) is 11.8 Å². The van der Waals surface area contributed by atoms with Crippen LogP contribution in [0.3, 0.4) is 0 Å². The summed E-state index contributed by atoms with van der Waals surface area (Å²) in [6.07, 6.45) is 1.89. The number of nitrogens with zero attached hydrogens (tertiary/aromatic N) is 7. The zero-order valence-electron chi connectivity index (χ0n) is 21.5. The molecule has 19 nitrogen and oxygen atoms in total. The molecule has 6 rings (SSSR count). The van der Waals surface area contributed by atoms with E-state index in [0.717, 1.165) is 0 Å². The number of fused-ring (bicyclic) bond motifs is 2. The SMILES string of the molecule is Nc1nc2c(ncn2[C@@H]2O[C@H](CO[PH](=O)O)C[C@H]2OP(=O)(S)OC[C@@H]2CC[C@H](n3cnc4c(N)ncnc43)O2)c(=O)[nH]1. The Hall–Kier alpha value is -2.93. The van der Waals surface area contributed by atoms with Gasteiger partial charge in [-0.1, -0.05) is 12.2 Å². The summed E-state index contributed by atoms with van der Waals surface area (Å²) in [7, 11) is -3.23. The van der Waals surface area contributed by atoms with Gasteiger partial charge in [-0.05, 0) is 12.8 Å². The molecule has 0 aromatic carbocycles. The summed E-state index contributed by atoms with van der Waals surface area (Å²) in [5.41, 5.74) is 12.1. The number of hydrogen-bond acceptors (Lipinski definition) is 15. The van der Waals surface area contributed by atoms with E-state index in [1.807, 2.05) is 0 Å². The number of nitrogens with one attached hydrogen (secondary N) is 1. The Bertz CT molecular complexity index is 1750. The van der Waals surface area contributed by atoms with Crippen molar-refractivity contribution < 1.29 is 37.1 Å². The van der Waals surface area contributed by atoms with E-state index >= 15 is 0 Å².